The van der Waals surface area contributed by atoms with Gasteiger partial charge in [-0.3, -0.25) is 4.79 Å². The van der Waals surface area contributed by atoms with Gasteiger partial charge in [0.2, 0.25) is 0 Å². The summed E-state index contributed by atoms with van der Waals surface area (Å²) in [4.78, 5) is 14.2. The van der Waals surface area contributed by atoms with Gasteiger partial charge in [-0.25, -0.2) is 4.39 Å². The number of carbonyl (C=O) groups excluding carboxylic acids is 1. The number of nitrogens with one attached hydrogen (secondary N) is 1. The molecule has 1 amide bonds. The first-order valence-corrected chi connectivity index (χ1v) is 8.57. The molecule has 1 aliphatic heterocycles. The number of aliphatic hydroxyl groups is 1. The van der Waals surface area contributed by atoms with Crippen molar-refractivity contribution in [3.8, 4) is 5.75 Å². The predicted octanol–water partition coefficient (Wildman–Crippen LogP) is 1.69. The average molecular weight is 336 g/mol. The van der Waals surface area contributed by atoms with Crippen LogP contribution in [0.1, 0.15) is 31.2 Å². The molecule has 2 aliphatic rings. The van der Waals surface area contributed by atoms with Gasteiger partial charge in [0.1, 0.15) is 11.6 Å². The van der Waals surface area contributed by atoms with Gasteiger partial charge in [-0.05, 0) is 56.3 Å². The Morgan fingerprint density at radius 3 is 2.96 bits per heavy atom. The Bertz CT molecular complexity index is 606. The summed E-state index contributed by atoms with van der Waals surface area (Å²) in [6.45, 7) is 1.78. The number of likely N-dealkylation sites (tertiary alicyclic amines) is 1. The molecule has 0 unspecified atom stereocenters. The second-order valence-corrected chi connectivity index (χ2v) is 6.89. The molecule has 1 heterocycles. The molecule has 24 heavy (non-hydrogen) atoms. The minimum Gasteiger partial charge on any atom is -0.497 e. The van der Waals surface area contributed by atoms with Gasteiger partial charge in [-0.1, -0.05) is 0 Å². The van der Waals surface area contributed by atoms with Crippen molar-refractivity contribution in [1.29, 1.82) is 0 Å². The molecule has 1 aliphatic carbocycles. The van der Waals surface area contributed by atoms with Crippen LogP contribution in [-0.4, -0.2) is 48.3 Å². The van der Waals surface area contributed by atoms with E-state index in [9.17, 15) is 14.3 Å². The number of hydrogen-bond acceptors (Lipinski definition) is 4. The molecule has 0 bridgehead atoms. The van der Waals surface area contributed by atoms with Crippen molar-refractivity contribution in [3.63, 3.8) is 0 Å². The third-order valence-corrected chi connectivity index (χ3v) is 4.87. The molecule has 0 aromatic heterocycles. The summed E-state index contributed by atoms with van der Waals surface area (Å²) in [5, 5.41) is 13.9. The largest absolute Gasteiger partial charge is 0.497 e. The van der Waals surface area contributed by atoms with E-state index in [2.05, 4.69) is 5.32 Å². The molecule has 1 atom stereocenters. The molecule has 3 rings (SSSR count). The van der Waals surface area contributed by atoms with Gasteiger partial charge in [0.15, 0.2) is 5.60 Å². The van der Waals surface area contributed by atoms with E-state index in [0.29, 0.717) is 36.6 Å². The summed E-state index contributed by atoms with van der Waals surface area (Å²) in [6, 6.07) is 4.49. The Morgan fingerprint density at radius 2 is 2.25 bits per heavy atom. The quantitative estimate of drug-likeness (QED) is 0.795. The Morgan fingerprint density at radius 1 is 1.46 bits per heavy atom. The lowest BCUT2D eigenvalue weighted by Gasteiger charge is -2.38. The Labute approximate surface area is 141 Å². The van der Waals surface area contributed by atoms with E-state index < -0.39 is 5.60 Å². The fraction of sp³-hybridized carbons (Fsp3) is 0.611. The van der Waals surface area contributed by atoms with Gasteiger partial charge in [0, 0.05) is 25.2 Å². The molecule has 1 aromatic rings. The summed E-state index contributed by atoms with van der Waals surface area (Å²) >= 11 is 0. The number of carbonyl (C=O) groups is 1. The van der Waals surface area contributed by atoms with Crippen LogP contribution in [-0.2, 0) is 11.3 Å². The summed E-state index contributed by atoms with van der Waals surface area (Å²) in [7, 11) is 1.52. The van der Waals surface area contributed by atoms with Crippen LogP contribution in [0.15, 0.2) is 18.2 Å². The maximum absolute atomic E-state index is 14.0. The van der Waals surface area contributed by atoms with Crippen molar-refractivity contribution in [2.24, 2.45) is 5.92 Å². The molecule has 2 fully saturated rings. The average Bonchev–Trinajstić information content (AvgIpc) is 3.38. The zero-order valence-corrected chi connectivity index (χ0v) is 14.1. The molecule has 1 saturated heterocycles. The van der Waals surface area contributed by atoms with Crippen LogP contribution in [0.4, 0.5) is 4.39 Å². The number of hydrogen-bond donors (Lipinski definition) is 2. The van der Waals surface area contributed by atoms with Crippen LogP contribution >= 0.6 is 0 Å². The third-order valence-electron chi connectivity index (χ3n) is 4.87. The van der Waals surface area contributed by atoms with Crippen LogP contribution in [0.2, 0.25) is 0 Å². The Kier molecular flexibility index (Phi) is 5.06. The normalized spacial score (nSPS) is 24.3. The highest BCUT2D eigenvalue weighted by molar-refractivity contribution is 5.86. The van der Waals surface area contributed by atoms with Crippen molar-refractivity contribution in [2.75, 3.05) is 26.7 Å². The fourth-order valence-corrected chi connectivity index (χ4v) is 3.19. The van der Waals surface area contributed by atoms with Crippen LogP contribution in [0.5, 0.6) is 5.75 Å². The highest BCUT2D eigenvalue weighted by Gasteiger charge is 2.42. The second-order valence-electron chi connectivity index (χ2n) is 6.89. The molecule has 5 nitrogen and oxygen atoms in total. The smallest absolute Gasteiger partial charge is 0.256 e. The van der Waals surface area contributed by atoms with Crippen molar-refractivity contribution >= 4 is 5.91 Å². The summed E-state index contributed by atoms with van der Waals surface area (Å²) < 4.78 is 19.1. The van der Waals surface area contributed by atoms with E-state index in [4.69, 9.17) is 4.74 Å². The van der Waals surface area contributed by atoms with Gasteiger partial charge in [-0.15, -0.1) is 0 Å². The number of rotatable bonds is 7. The Balaban J connectivity index is 1.65. The molecular weight excluding hydrogens is 311 g/mol. The van der Waals surface area contributed by atoms with Crippen LogP contribution < -0.4 is 10.1 Å². The first-order chi connectivity index (χ1) is 11.5. The van der Waals surface area contributed by atoms with Crippen LogP contribution in [0.25, 0.3) is 0 Å². The number of benzene rings is 1. The highest BCUT2D eigenvalue weighted by atomic mass is 19.1. The van der Waals surface area contributed by atoms with Crippen molar-refractivity contribution in [2.45, 2.75) is 37.8 Å². The van der Waals surface area contributed by atoms with Gasteiger partial charge >= 0.3 is 0 Å². The number of ether oxygens (including phenoxy) is 1. The lowest BCUT2D eigenvalue weighted by Crippen LogP contribution is -2.57. The molecule has 6 heteroatoms. The summed E-state index contributed by atoms with van der Waals surface area (Å²) in [5.74, 6) is 0.551. The first kappa shape index (κ1) is 17.2. The number of methoxy groups -OCH3 is 1. The number of nitrogens with zero attached hydrogens (tertiary/aromatic N) is 1. The lowest BCUT2D eigenvalue weighted by atomic mass is 9.91. The van der Waals surface area contributed by atoms with Crippen LogP contribution in [0, 0.1) is 11.7 Å². The van der Waals surface area contributed by atoms with Crippen LogP contribution in [0.3, 0.4) is 0 Å². The predicted molar refractivity (Wildman–Crippen MR) is 88.1 cm³/mol. The first-order valence-electron chi connectivity index (χ1n) is 8.57. The molecular formula is C18H25FN2O3. The topological polar surface area (TPSA) is 61.8 Å². The van der Waals surface area contributed by atoms with E-state index in [0.717, 1.165) is 6.54 Å². The highest BCUT2D eigenvalue weighted by Crippen LogP contribution is 2.29. The summed E-state index contributed by atoms with van der Waals surface area (Å²) in [6.07, 6.45) is 3.60. The molecule has 1 aromatic carbocycles. The van der Waals surface area contributed by atoms with Crippen molar-refractivity contribution in [1.82, 2.24) is 10.2 Å². The second kappa shape index (κ2) is 7.07. The standard InChI is InChI=1S/C18H25FN2O3/c1-24-15-5-6-16(19)14(9-15)11-21-8-2-7-18(23,17(21)22)12-20-10-13-3-4-13/h5-6,9,13,20,23H,2-4,7-8,10-12H2,1H3/t18-/m0/s1. The fourth-order valence-electron chi connectivity index (χ4n) is 3.19. The van der Waals surface area contributed by atoms with Gasteiger partial charge in [-0.2, -0.15) is 0 Å². The zero-order valence-electron chi connectivity index (χ0n) is 14.1. The molecule has 0 radical (unpaired) electrons. The molecule has 2 N–H and O–H groups in total. The SMILES string of the molecule is COc1ccc(F)c(CN2CCC[C@](O)(CNCC3CC3)C2=O)c1. The van der Waals surface area contributed by atoms with E-state index in [1.54, 1.807) is 17.0 Å². The monoisotopic (exact) mass is 336 g/mol. The van der Waals surface area contributed by atoms with Crippen molar-refractivity contribution in [3.05, 3.63) is 29.6 Å². The summed E-state index contributed by atoms with van der Waals surface area (Å²) in [5.41, 5.74) is -0.986. The molecule has 1 saturated carbocycles. The number of halogens is 1. The third kappa shape index (κ3) is 3.87. The molecule has 132 valence electrons. The van der Waals surface area contributed by atoms with Gasteiger partial charge in [0.25, 0.3) is 5.91 Å². The minimum absolute atomic E-state index is 0.146. The Hall–Kier alpha value is -1.66. The zero-order chi connectivity index (χ0) is 17.2. The number of amides is 1. The van der Waals surface area contributed by atoms with E-state index in [-0.39, 0.29) is 24.8 Å². The number of piperidine rings is 1. The van der Waals surface area contributed by atoms with Crippen molar-refractivity contribution < 1.29 is 19.0 Å². The van der Waals surface area contributed by atoms with Gasteiger partial charge in [0.05, 0.1) is 7.11 Å². The maximum Gasteiger partial charge on any atom is 0.256 e. The minimum atomic E-state index is -1.39. The molecule has 0 spiro atoms. The van der Waals surface area contributed by atoms with Gasteiger partial charge < -0.3 is 20.1 Å². The van der Waals surface area contributed by atoms with E-state index in [1.807, 2.05) is 0 Å². The maximum atomic E-state index is 14.0. The lowest BCUT2D eigenvalue weighted by molar-refractivity contribution is -0.157. The van der Waals surface area contributed by atoms with E-state index in [1.165, 1.54) is 26.0 Å². The van der Waals surface area contributed by atoms with E-state index >= 15 is 0 Å².